The summed E-state index contributed by atoms with van der Waals surface area (Å²) in [6.07, 6.45) is 3.99. The predicted octanol–water partition coefficient (Wildman–Crippen LogP) is 2.12. The van der Waals surface area contributed by atoms with E-state index in [9.17, 15) is 8.42 Å². The summed E-state index contributed by atoms with van der Waals surface area (Å²) >= 11 is 1.40. The molecule has 1 aliphatic rings. The van der Waals surface area contributed by atoms with Crippen LogP contribution in [0.15, 0.2) is 0 Å². The third-order valence-electron chi connectivity index (χ3n) is 2.90. The number of sulfonamides is 1. The summed E-state index contributed by atoms with van der Waals surface area (Å²) in [5.41, 5.74) is 1.56. The maximum atomic E-state index is 11.2. The quantitative estimate of drug-likeness (QED) is 0.894. The van der Waals surface area contributed by atoms with E-state index in [0.717, 1.165) is 36.0 Å². The van der Waals surface area contributed by atoms with Crippen LogP contribution in [0.4, 0.5) is 5.00 Å². The van der Waals surface area contributed by atoms with Crippen LogP contribution in [-0.2, 0) is 22.9 Å². The summed E-state index contributed by atoms with van der Waals surface area (Å²) in [6.45, 7) is 2.18. The van der Waals surface area contributed by atoms with Gasteiger partial charge in [-0.2, -0.15) is 5.26 Å². The lowest BCUT2D eigenvalue weighted by Crippen LogP contribution is -2.10. The van der Waals surface area contributed by atoms with E-state index in [1.807, 2.05) is 0 Å². The molecule has 0 aliphatic heterocycles. The minimum atomic E-state index is -3.31. The van der Waals surface area contributed by atoms with Gasteiger partial charge in [-0.1, -0.05) is 6.92 Å². The highest BCUT2D eigenvalue weighted by atomic mass is 32.2. The molecule has 1 heterocycles. The minimum Gasteiger partial charge on any atom is -0.273 e. The molecule has 0 saturated heterocycles. The van der Waals surface area contributed by atoms with Gasteiger partial charge in [0, 0.05) is 4.88 Å². The van der Waals surface area contributed by atoms with Gasteiger partial charge in [-0.15, -0.1) is 11.3 Å². The molecule has 1 aliphatic carbocycles. The monoisotopic (exact) mass is 270 g/mol. The van der Waals surface area contributed by atoms with Crippen molar-refractivity contribution in [1.82, 2.24) is 0 Å². The van der Waals surface area contributed by atoms with Gasteiger partial charge >= 0.3 is 0 Å². The lowest BCUT2D eigenvalue weighted by Gasteiger charge is -2.17. The smallest absolute Gasteiger partial charge is 0.230 e. The fourth-order valence-corrected chi connectivity index (χ4v) is 4.38. The molecule has 4 nitrogen and oxygen atoms in total. The summed E-state index contributed by atoms with van der Waals surface area (Å²) in [6, 6.07) is 2.12. The SMILES string of the molecule is CC1CCc2c(sc(NS(C)(=O)=O)c2C#N)C1. The van der Waals surface area contributed by atoms with Gasteiger partial charge in [-0.05, 0) is 30.7 Å². The van der Waals surface area contributed by atoms with Gasteiger partial charge in [0.2, 0.25) is 10.0 Å². The van der Waals surface area contributed by atoms with Gasteiger partial charge in [0.05, 0.1) is 11.8 Å². The van der Waals surface area contributed by atoms with E-state index >= 15 is 0 Å². The number of fused-ring (bicyclic) bond motifs is 1. The summed E-state index contributed by atoms with van der Waals surface area (Å²) in [5.74, 6) is 0.610. The number of rotatable bonds is 2. The third kappa shape index (κ3) is 2.61. The van der Waals surface area contributed by atoms with E-state index in [1.54, 1.807) is 0 Å². The Hall–Kier alpha value is -1.06. The van der Waals surface area contributed by atoms with E-state index in [-0.39, 0.29) is 0 Å². The van der Waals surface area contributed by atoms with Gasteiger partial charge in [-0.3, -0.25) is 4.72 Å². The van der Waals surface area contributed by atoms with E-state index in [0.29, 0.717) is 16.5 Å². The van der Waals surface area contributed by atoms with Gasteiger partial charge < -0.3 is 0 Å². The minimum absolute atomic E-state index is 0.481. The number of hydrogen-bond acceptors (Lipinski definition) is 4. The Morgan fingerprint density at radius 3 is 2.82 bits per heavy atom. The molecule has 1 N–H and O–H groups in total. The van der Waals surface area contributed by atoms with Crippen molar-refractivity contribution in [1.29, 1.82) is 5.26 Å². The molecule has 0 aromatic carbocycles. The van der Waals surface area contributed by atoms with Crippen molar-refractivity contribution in [3.05, 3.63) is 16.0 Å². The Morgan fingerprint density at radius 1 is 1.53 bits per heavy atom. The zero-order chi connectivity index (χ0) is 12.6. The molecule has 0 amide bonds. The largest absolute Gasteiger partial charge is 0.273 e. The summed E-state index contributed by atoms with van der Waals surface area (Å²) in [5, 5.41) is 9.63. The Bertz CT molecular complexity index is 581. The first kappa shape index (κ1) is 12.4. The summed E-state index contributed by atoms with van der Waals surface area (Å²) < 4.78 is 24.9. The maximum absolute atomic E-state index is 11.2. The highest BCUT2D eigenvalue weighted by molar-refractivity contribution is 7.92. The molecule has 1 unspecified atom stereocenters. The van der Waals surface area contributed by atoms with E-state index in [1.165, 1.54) is 11.3 Å². The second-order valence-electron chi connectivity index (χ2n) is 4.54. The van der Waals surface area contributed by atoms with Gasteiger partial charge in [0.1, 0.15) is 11.1 Å². The first-order chi connectivity index (χ1) is 7.90. The molecule has 0 saturated carbocycles. The molecular formula is C11H14N2O2S2. The van der Waals surface area contributed by atoms with Crippen LogP contribution in [-0.4, -0.2) is 14.7 Å². The molecule has 2 rings (SSSR count). The Balaban J connectivity index is 2.45. The van der Waals surface area contributed by atoms with Crippen molar-refractivity contribution in [2.24, 2.45) is 5.92 Å². The van der Waals surface area contributed by atoms with E-state index in [4.69, 9.17) is 5.26 Å². The van der Waals surface area contributed by atoms with Crippen LogP contribution in [0, 0.1) is 17.2 Å². The Morgan fingerprint density at radius 2 is 2.24 bits per heavy atom. The first-order valence-electron chi connectivity index (χ1n) is 5.43. The van der Waals surface area contributed by atoms with Crippen molar-refractivity contribution < 1.29 is 8.42 Å². The first-order valence-corrected chi connectivity index (χ1v) is 8.14. The zero-order valence-electron chi connectivity index (χ0n) is 9.78. The molecule has 0 radical (unpaired) electrons. The van der Waals surface area contributed by atoms with Crippen molar-refractivity contribution in [3.8, 4) is 6.07 Å². The van der Waals surface area contributed by atoms with E-state index < -0.39 is 10.0 Å². The second-order valence-corrected chi connectivity index (χ2v) is 7.40. The molecule has 17 heavy (non-hydrogen) atoms. The van der Waals surface area contributed by atoms with E-state index in [2.05, 4.69) is 17.7 Å². The number of thiophene rings is 1. The Labute approximate surface area is 105 Å². The van der Waals surface area contributed by atoms with Crippen LogP contribution in [0.5, 0.6) is 0 Å². The van der Waals surface area contributed by atoms with Crippen LogP contribution in [0.2, 0.25) is 0 Å². The highest BCUT2D eigenvalue weighted by Crippen LogP contribution is 2.39. The molecule has 92 valence electrons. The molecule has 1 aromatic rings. The summed E-state index contributed by atoms with van der Waals surface area (Å²) in [7, 11) is -3.31. The highest BCUT2D eigenvalue weighted by Gasteiger charge is 2.24. The number of nitrogens with zero attached hydrogens (tertiary/aromatic N) is 1. The van der Waals surface area contributed by atoms with Gasteiger partial charge in [-0.25, -0.2) is 8.42 Å². The predicted molar refractivity (Wildman–Crippen MR) is 68.7 cm³/mol. The maximum Gasteiger partial charge on any atom is 0.230 e. The lowest BCUT2D eigenvalue weighted by molar-refractivity contribution is 0.507. The third-order valence-corrected chi connectivity index (χ3v) is 4.78. The Kier molecular flexibility index (Phi) is 3.15. The van der Waals surface area contributed by atoms with Gasteiger partial charge in [0.15, 0.2) is 0 Å². The van der Waals surface area contributed by atoms with Crippen molar-refractivity contribution in [3.63, 3.8) is 0 Å². The van der Waals surface area contributed by atoms with Crippen LogP contribution in [0.1, 0.15) is 29.3 Å². The fraction of sp³-hybridized carbons (Fsp3) is 0.545. The average Bonchev–Trinajstić information content (AvgIpc) is 2.51. The topological polar surface area (TPSA) is 70.0 Å². The number of hydrogen-bond donors (Lipinski definition) is 1. The zero-order valence-corrected chi connectivity index (χ0v) is 11.4. The lowest BCUT2D eigenvalue weighted by atomic mass is 9.89. The summed E-state index contributed by atoms with van der Waals surface area (Å²) in [4.78, 5) is 1.16. The van der Waals surface area contributed by atoms with Crippen LogP contribution < -0.4 is 4.72 Å². The van der Waals surface area contributed by atoms with Crippen LogP contribution in [0.3, 0.4) is 0 Å². The molecule has 6 heteroatoms. The molecule has 0 fully saturated rings. The second kappa shape index (κ2) is 4.31. The number of nitriles is 1. The molecule has 1 aromatic heterocycles. The van der Waals surface area contributed by atoms with Crippen LogP contribution >= 0.6 is 11.3 Å². The van der Waals surface area contributed by atoms with Crippen molar-refractivity contribution >= 4 is 26.4 Å². The van der Waals surface area contributed by atoms with Crippen molar-refractivity contribution in [2.75, 3.05) is 11.0 Å². The molecular weight excluding hydrogens is 256 g/mol. The standard InChI is InChI=1S/C11H14N2O2S2/c1-7-3-4-8-9(6-12)11(13-17(2,14)15)16-10(8)5-7/h7,13H,3-5H2,1-2H3. The van der Waals surface area contributed by atoms with Gasteiger partial charge in [0.25, 0.3) is 0 Å². The fourth-order valence-electron chi connectivity index (χ4n) is 2.11. The molecule has 1 atom stereocenters. The van der Waals surface area contributed by atoms with Crippen LogP contribution in [0.25, 0.3) is 0 Å². The molecule has 0 spiro atoms. The normalized spacial score (nSPS) is 19.5. The molecule has 0 bridgehead atoms. The number of nitrogens with one attached hydrogen (secondary N) is 1. The average molecular weight is 270 g/mol. The number of anilines is 1. The van der Waals surface area contributed by atoms with Crippen molar-refractivity contribution in [2.45, 2.75) is 26.2 Å².